The molecule has 1 aromatic heterocycles. The van der Waals surface area contributed by atoms with E-state index in [1.807, 2.05) is 54.1 Å². The zero-order chi connectivity index (χ0) is 20.2. The maximum absolute atomic E-state index is 13.3. The van der Waals surface area contributed by atoms with E-state index >= 15 is 0 Å². The maximum atomic E-state index is 13.3. The second kappa shape index (κ2) is 8.14. The fourth-order valence-electron chi connectivity index (χ4n) is 3.22. The fourth-order valence-corrected chi connectivity index (χ4v) is 3.22. The molecule has 0 aliphatic heterocycles. The van der Waals surface area contributed by atoms with E-state index in [0.29, 0.717) is 11.6 Å². The Balaban J connectivity index is 1.48. The summed E-state index contributed by atoms with van der Waals surface area (Å²) in [5, 5.41) is 5.08. The SMILES string of the molecule is Cn1ccnc1C(NC(=O)COc1ccc2ccccc2c1)c1ccc(F)cc1. The Labute approximate surface area is 167 Å². The van der Waals surface area contributed by atoms with Gasteiger partial charge in [-0.3, -0.25) is 4.79 Å². The monoisotopic (exact) mass is 389 g/mol. The van der Waals surface area contributed by atoms with Gasteiger partial charge >= 0.3 is 0 Å². The van der Waals surface area contributed by atoms with E-state index in [1.54, 1.807) is 24.5 Å². The number of carbonyl (C=O) groups excluding carboxylic acids is 1. The molecule has 5 nitrogen and oxygen atoms in total. The number of imidazole rings is 1. The molecule has 4 aromatic rings. The average molecular weight is 389 g/mol. The van der Waals surface area contributed by atoms with Crippen molar-refractivity contribution in [2.75, 3.05) is 6.61 Å². The summed E-state index contributed by atoms with van der Waals surface area (Å²) in [4.78, 5) is 16.9. The van der Waals surface area contributed by atoms with Crippen LogP contribution in [0.3, 0.4) is 0 Å². The van der Waals surface area contributed by atoms with Crippen molar-refractivity contribution >= 4 is 16.7 Å². The number of nitrogens with zero attached hydrogens (tertiary/aromatic N) is 2. The highest BCUT2D eigenvalue weighted by molar-refractivity contribution is 5.84. The Bertz CT molecular complexity index is 1140. The predicted molar refractivity (Wildman–Crippen MR) is 109 cm³/mol. The summed E-state index contributed by atoms with van der Waals surface area (Å²) in [6, 6.07) is 19.1. The van der Waals surface area contributed by atoms with Crippen LogP contribution in [0.25, 0.3) is 10.8 Å². The lowest BCUT2D eigenvalue weighted by atomic mass is 10.1. The van der Waals surface area contributed by atoms with Gasteiger partial charge in [0.25, 0.3) is 5.91 Å². The number of amides is 1. The smallest absolute Gasteiger partial charge is 0.258 e. The molecule has 3 aromatic carbocycles. The first-order valence-corrected chi connectivity index (χ1v) is 9.24. The summed E-state index contributed by atoms with van der Waals surface area (Å²) in [6.07, 6.45) is 3.45. The minimum absolute atomic E-state index is 0.138. The van der Waals surface area contributed by atoms with Crippen molar-refractivity contribution in [2.24, 2.45) is 7.05 Å². The molecule has 0 saturated carbocycles. The maximum Gasteiger partial charge on any atom is 0.258 e. The van der Waals surface area contributed by atoms with Crippen molar-refractivity contribution in [2.45, 2.75) is 6.04 Å². The number of halogens is 1. The van der Waals surface area contributed by atoms with Crippen LogP contribution in [-0.2, 0) is 11.8 Å². The van der Waals surface area contributed by atoms with Crippen LogP contribution < -0.4 is 10.1 Å². The van der Waals surface area contributed by atoms with Gasteiger partial charge in [-0.15, -0.1) is 0 Å². The fraction of sp³-hybridized carbons (Fsp3) is 0.130. The van der Waals surface area contributed by atoms with E-state index in [2.05, 4.69) is 10.3 Å². The van der Waals surface area contributed by atoms with Crippen LogP contribution in [0.2, 0.25) is 0 Å². The van der Waals surface area contributed by atoms with Crippen molar-refractivity contribution in [1.29, 1.82) is 0 Å². The number of hydrogen-bond donors (Lipinski definition) is 1. The van der Waals surface area contributed by atoms with Gasteiger partial charge in [0, 0.05) is 19.4 Å². The van der Waals surface area contributed by atoms with Crippen LogP contribution in [0.4, 0.5) is 4.39 Å². The van der Waals surface area contributed by atoms with E-state index in [-0.39, 0.29) is 18.3 Å². The highest BCUT2D eigenvalue weighted by atomic mass is 19.1. The van der Waals surface area contributed by atoms with Crippen LogP contribution in [0.15, 0.2) is 79.1 Å². The molecular weight excluding hydrogens is 369 g/mol. The molecule has 0 fully saturated rings. The van der Waals surface area contributed by atoms with Gasteiger partial charge < -0.3 is 14.6 Å². The number of benzene rings is 3. The Morgan fingerprint density at radius 3 is 2.59 bits per heavy atom. The molecule has 0 spiro atoms. The third-order valence-electron chi connectivity index (χ3n) is 4.72. The molecule has 1 heterocycles. The lowest BCUT2D eigenvalue weighted by Crippen LogP contribution is -2.34. The highest BCUT2D eigenvalue weighted by Crippen LogP contribution is 2.22. The number of hydrogen-bond acceptors (Lipinski definition) is 3. The zero-order valence-electron chi connectivity index (χ0n) is 15.9. The number of ether oxygens (including phenoxy) is 1. The van der Waals surface area contributed by atoms with Gasteiger partial charge in [0.2, 0.25) is 0 Å². The molecule has 0 aliphatic rings. The topological polar surface area (TPSA) is 56.2 Å². The largest absolute Gasteiger partial charge is 0.484 e. The molecule has 29 heavy (non-hydrogen) atoms. The number of aromatic nitrogens is 2. The van der Waals surface area contributed by atoms with E-state index in [4.69, 9.17) is 4.74 Å². The first-order valence-electron chi connectivity index (χ1n) is 9.24. The molecular formula is C23H20FN3O2. The molecule has 4 rings (SSSR count). The Morgan fingerprint density at radius 1 is 1.10 bits per heavy atom. The molecule has 0 radical (unpaired) electrons. The van der Waals surface area contributed by atoms with Crippen molar-refractivity contribution in [3.8, 4) is 5.75 Å². The number of rotatable bonds is 6. The standard InChI is InChI=1S/C23H20FN3O2/c1-27-13-12-25-23(27)22(17-6-9-19(24)10-7-17)26-21(28)15-29-20-11-8-16-4-2-3-5-18(16)14-20/h2-14,22H,15H2,1H3,(H,26,28). The summed E-state index contributed by atoms with van der Waals surface area (Å²) in [6.45, 7) is -0.138. The number of carbonyl (C=O) groups is 1. The van der Waals surface area contributed by atoms with Gasteiger partial charge in [0.1, 0.15) is 23.4 Å². The Morgan fingerprint density at radius 2 is 1.86 bits per heavy atom. The molecule has 1 atom stereocenters. The number of nitrogens with one attached hydrogen (secondary N) is 1. The van der Waals surface area contributed by atoms with E-state index < -0.39 is 6.04 Å². The minimum Gasteiger partial charge on any atom is -0.484 e. The van der Waals surface area contributed by atoms with Crippen molar-refractivity contribution in [3.05, 3.63) is 96.3 Å². The third kappa shape index (κ3) is 4.27. The molecule has 6 heteroatoms. The summed E-state index contributed by atoms with van der Waals surface area (Å²) < 4.78 is 20.8. The van der Waals surface area contributed by atoms with Gasteiger partial charge in [-0.1, -0.05) is 42.5 Å². The van der Waals surface area contributed by atoms with Crippen molar-refractivity contribution < 1.29 is 13.9 Å². The molecule has 146 valence electrons. The predicted octanol–water partition coefficient (Wildman–Crippen LogP) is 4.00. The van der Waals surface area contributed by atoms with Crippen LogP contribution in [0, 0.1) is 5.82 Å². The normalized spacial score (nSPS) is 11.9. The van der Waals surface area contributed by atoms with E-state index in [1.165, 1.54) is 12.1 Å². The van der Waals surface area contributed by atoms with Gasteiger partial charge in [-0.05, 0) is 40.6 Å². The Kier molecular flexibility index (Phi) is 5.24. The Hall–Kier alpha value is -3.67. The highest BCUT2D eigenvalue weighted by Gasteiger charge is 2.21. The summed E-state index contributed by atoms with van der Waals surface area (Å²) in [5.41, 5.74) is 0.736. The average Bonchev–Trinajstić information content (AvgIpc) is 3.16. The molecule has 1 unspecified atom stereocenters. The van der Waals surface area contributed by atoms with Gasteiger partial charge in [0.15, 0.2) is 6.61 Å². The molecule has 0 aliphatic carbocycles. The lowest BCUT2D eigenvalue weighted by Gasteiger charge is -2.19. The first kappa shape index (κ1) is 18.7. The quantitative estimate of drug-likeness (QED) is 0.542. The van der Waals surface area contributed by atoms with Crippen LogP contribution in [-0.4, -0.2) is 22.1 Å². The van der Waals surface area contributed by atoms with Gasteiger partial charge in [-0.2, -0.15) is 0 Å². The molecule has 1 amide bonds. The van der Waals surface area contributed by atoms with E-state index in [9.17, 15) is 9.18 Å². The molecule has 1 N–H and O–H groups in total. The minimum atomic E-state index is -0.511. The summed E-state index contributed by atoms with van der Waals surface area (Å²) >= 11 is 0. The van der Waals surface area contributed by atoms with Crippen molar-refractivity contribution in [3.63, 3.8) is 0 Å². The number of aryl methyl sites for hydroxylation is 1. The second-order valence-electron chi connectivity index (χ2n) is 6.75. The van der Waals surface area contributed by atoms with Gasteiger partial charge in [-0.25, -0.2) is 9.37 Å². The van der Waals surface area contributed by atoms with Crippen molar-refractivity contribution in [1.82, 2.24) is 14.9 Å². The second-order valence-corrected chi connectivity index (χ2v) is 6.75. The van der Waals surface area contributed by atoms with Crippen LogP contribution in [0.1, 0.15) is 17.4 Å². The third-order valence-corrected chi connectivity index (χ3v) is 4.72. The van der Waals surface area contributed by atoms with Crippen LogP contribution in [0.5, 0.6) is 5.75 Å². The number of fused-ring (bicyclic) bond motifs is 1. The molecule has 0 bridgehead atoms. The molecule has 0 saturated heterocycles. The summed E-state index contributed by atoms with van der Waals surface area (Å²) in [5.74, 6) is 0.638. The lowest BCUT2D eigenvalue weighted by molar-refractivity contribution is -0.123. The van der Waals surface area contributed by atoms with Crippen LogP contribution >= 0.6 is 0 Å². The van der Waals surface area contributed by atoms with E-state index in [0.717, 1.165) is 16.3 Å². The first-order chi connectivity index (χ1) is 14.1. The van der Waals surface area contributed by atoms with Gasteiger partial charge in [0.05, 0.1) is 0 Å². The summed E-state index contributed by atoms with van der Waals surface area (Å²) in [7, 11) is 1.84. The zero-order valence-corrected chi connectivity index (χ0v) is 15.9.